The van der Waals surface area contributed by atoms with E-state index in [1.807, 2.05) is 18.2 Å². The van der Waals surface area contributed by atoms with Crippen LogP contribution in [-0.4, -0.2) is 28.4 Å². The van der Waals surface area contributed by atoms with Crippen LogP contribution in [0.1, 0.15) is 21.6 Å². The van der Waals surface area contributed by atoms with Crippen LogP contribution in [0.2, 0.25) is 10.2 Å². The molecule has 0 bridgehead atoms. The molecule has 0 saturated heterocycles. The Hall–Kier alpha value is -3.35. The van der Waals surface area contributed by atoms with Gasteiger partial charge in [0.25, 0.3) is 11.7 Å². The first-order valence-corrected chi connectivity index (χ1v) is 10.5. The average Bonchev–Trinajstić information content (AvgIpc) is 3.05. The number of Topliss-reactive ketones (excluding diaryl/α,β-unsaturated/α-hetero) is 1. The van der Waals surface area contributed by atoms with Gasteiger partial charge in [0.1, 0.15) is 10.9 Å². The molecule has 0 aliphatic rings. The number of ketones is 1. The van der Waals surface area contributed by atoms with Gasteiger partial charge < -0.3 is 14.6 Å². The number of methoxy groups -OCH3 is 1. The first kappa shape index (κ1) is 21.9. The van der Waals surface area contributed by atoms with E-state index in [4.69, 9.17) is 27.9 Å². The predicted molar refractivity (Wildman–Crippen MR) is 126 cm³/mol. The van der Waals surface area contributed by atoms with Crippen molar-refractivity contribution in [2.45, 2.75) is 13.5 Å². The first-order valence-electron chi connectivity index (χ1n) is 9.76. The van der Waals surface area contributed by atoms with E-state index in [2.05, 4.69) is 10.3 Å². The summed E-state index contributed by atoms with van der Waals surface area (Å²) in [6.07, 6.45) is 1.56. The van der Waals surface area contributed by atoms with Crippen molar-refractivity contribution in [3.05, 3.63) is 87.8 Å². The number of anilines is 1. The molecule has 0 unspecified atom stereocenters. The smallest absolute Gasteiger partial charge is 0.296 e. The summed E-state index contributed by atoms with van der Waals surface area (Å²) in [5, 5.41) is 3.96. The van der Waals surface area contributed by atoms with Crippen LogP contribution in [-0.2, 0) is 11.3 Å². The highest BCUT2D eigenvalue weighted by atomic mass is 35.5. The summed E-state index contributed by atoms with van der Waals surface area (Å²) in [5.74, 6) is -0.972. The molecule has 1 amide bonds. The zero-order valence-electron chi connectivity index (χ0n) is 17.4. The fourth-order valence-corrected chi connectivity index (χ4v) is 3.96. The van der Waals surface area contributed by atoms with Crippen molar-refractivity contribution in [2.75, 3.05) is 12.4 Å². The minimum absolute atomic E-state index is 0.123. The number of fused-ring (bicyclic) bond motifs is 1. The summed E-state index contributed by atoms with van der Waals surface area (Å²) >= 11 is 12.7. The number of rotatable bonds is 6. The Kier molecular flexibility index (Phi) is 6.17. The summed E-state index contributed by atoms with van der Waals surface area (Å²) in [4.78, 5) is 30.1. The summed E-state index contributed by atoms with van der Waals surface area (Å²) < 4.78 is 7.11. The molecule has 0 aliphatic carbocycles. The number of aromatic nitrogens is 2. The molecular formula is C24H19Cl2N3O3. The minimum Gasteiger partial charge on any atom is -0.497 e. The molecule has 2 aromatic carbocycles. The molecule has 0 spiro atoms. The van der Waals surface area contributed by atoms with Gasteiger partial charge >= 0.3 is 0 Å². The van der Waals surface area contributed by atoms with Gasteiger partial charge in [-0.1, -0.05) is 35.3 Å². The molecule has 2 aromatic heterocycles. The van der Waals surface area contributed by atoms with Gasteiger partial charge in [0.05, 0.1) is 18.2 Å². The zero-order valence-corrected chi connectivity index (χ0v) is 18.9. The number of ether oxygens (including phenoxy) is 1. The van der Waals surface area contributed by atoms with E-state index < -0.39 is 11.7 Å². The van der Waals surface area contributed by atoms with E-state index >= 15 is 0 Å². The predicted octanol–water partition coefficient (Wildman–Crippen LogP) is 5.53. The maximum absolute atomic E-state index is 13.2. The van der Waals surface area contributed by atoms with Gasteiger partial charge in [-0.05, 0) is 55.0 Å². The number of halogens is 2. The van der Waals surface area contributed by atoms with Crippen LogP contribution in [0.5, 0.6) is 5.75 Å². The van der Waals surface area contributed by atoms with Crippen molar-refractivity contribution in [2.24, 2.45) is 0 Å². The number of amides is 1. The van der Waals surface area contributed by atoms with Crippen LogP contribution < -0.4 is 10.1 Å². The Bertz CT molecular complexity index is 1330. The fraction of sp³-hybridized carbons (Fsp3) is 0.125. The maximum Gasteiger partial charge on any atom is 0.296 e. The fourth-order valence-electron chi connectivity index (χ4n) is 3.50. The normalized spacial score (nSPS) is 10.9. The van der Waals surface area contributed by atoms with Crippen LogP contribution >= 0.6 is 23.2 Å². The monoisotopic (exact) mass is 467 g/mol. The highest BCUT2D eigenvalue weighted by Crippen LogP contribution is 2.34. The lowest BCUT2D eigenvalue weighted by molar-refractivity contribution is -0.112. The second-order valence-electron chi connectivity index (χ2n) is 7.23. The van der Waals surface area contributed by atoms with E-state index in [0.29, 0.717) is 33.9 Å². The summed E-state index contributed by atoms with van der Waals surface area (Å²) in [5.41, 5.74) is 2.98. The van der Waals surface area contributed by atoms with Crippen LogP contribution in [0.15, 0.2) is 60.8 Å². The molecule has 0 radical (unpaired) electrons. The number of pyridine rings is 1. The summed E-state index contributed by atoms with van der Waals surface area (Å²) in [7, 11) is 1.54. The number of carbonyl (C=O) groups is 2. The molecule has 2 heterocycles. The molecule has 8 heteroatoms. The SMILES string of the molecule is COc1ccc2c(c1)c(C(=O)C(=O)Nc1ccnc(C)c1)c(Cl)n2Cc1ccc(Cl)cc1. The number of benzene rings is 2. The van der Waals surface area contributed by atoms with Crippen LogP contribution in [0.3, 0.4) is 0 Å². The number of hydrogen-bond acceptors (Lipinski definition) is 4. The van der Waals surface area contributed by atoms with Crippen molar-refractivity contribution in [3.63, 3.8) is 0 Å². The largest absolute Gasteiger partial charge is 0.497 e. The Morgan fingerprint density at radius 1 is 1.06 bits per heavy atom. The number of nitrogens with zero attached hydrogens (tertiary/aromatic N) is 2. The van der Waals surface area contributed by atoms with Crippen LogP contribution in [0.4, 0.5) is 5.69 Å². The van der Waals surface area contributed by atoms with Gasteiger partial charge in [-0.25, -0.2) is 0 Å². The second-order valence-corrected chi connectivity index (χ2v) is 8.03. The van der Waals surface area contributed by atoms with E-state index in [-0.39, 0.29) is 10.7 Å². The lowest BCUT2D eigenvalue weighted by Crippen LogP contribution is -2.23. The second kappa shape index (κ2) is 9.02. The standard InChI is InChI=1S/C24H19Cl2N3O3/c1-14-11-17(9-10-27-14)28-24(31)22(30)21-19-12-18(32-2)7-8-20(19)29(23(21)26)13-15-3-5-16(25)6-4-15/h3-12H,13H2,1-2H3,(H,27,28,31). The number of hydrogen-bond donors (Lipinski definition) is 1. The molecule has 0 aliphatic heterocycles. The minimum atomic E-state index is -0.786. The molecule has 0 saturated carbocycles. The quantitative estimate of drug-likeness (QED) is 0.298. The van der Waals surface area contributed by atoms with Gasteiger partial charge in [0.2, 0.25) is 0 Å². The number of nitrogens with one attached hydrogen (secondary N) is 1. The van der Waals surface area contributed by atoms with Crippen molar-refractivity contribution in [3.8, 4) is 5.75 Å². The topological polar surface area (TPSA) is 73.2 Å². The van der Waals surface area contributed by atoms with Gasteiger partial charge in [-0.2, -0.15) is 0 Å². The first-order chi connectivity index (χ1) is 15.4. The van der Waals surface area contributed by atoms with E-state index in [1.165, 1.54) is 7.11 Å². The Morgan fingerprint density at radius 3 is 2.50 bits per heavy atom. The third-order valence-electron chi connectivity index (χ3n) is 5.05. The Labute approximate surface area is 194 Å². The van der Waals surface area contributed by atoms with E-state index in [9.17, 15) is 9.59 Å². The third kappa shape index (κ3) is 4.33. The molecule has 4 rings (SSSR count). The molecular weight excluding hydrogens is 449 g/mol. The van der Waals surface area contributed by atoms with Gasteiger partial charge in [-0.15, -0.1) is 0 Å². The van der Waals surface area contributed by atoms with Crippen molar-refractivity contribution < 1.29 is 14.3 Å². The lowest BCUT2D eigenvalue weighted by atomic mass is 10.1. The molecule has 0 atom stereocenters. The van der Waals surface area contributed by atoms with Crippen molar-refractivity contribution >= 4 is 51.5 Å². The Morgan fingerprint density at radius 2 is 1.81 bits per heavy atom. The third-order valence-corrected chi connectivity index (χ3v) is 5.69. The average molecular weight is 468 g/mol. The summed E-state index contributed by atoms with van der Waals surface area (Å²) in [6.45, 7) is 2.20. The van der Waals surface area contributed by atoms with Gasteiger partial charge in [-0.3, -0.25) is 14.6 Å². The molecule has 4 aromatic rings. The van der Waals surface area contributed by atoms with Crippen molar-refractivity contribution in [1.82, 2.24) is 9.55 Å². The molecule has 0 fully saturated rings. The van der Waals surface area contributed by atoms with Crippen LogP contribution in [0, 0.1) is 6.92 Å². The number of aryl methyl sites for hydroxylation is 1. The molecule has 162 valence electrons. The highest BCUT2D eigenvalue weighted by Gasteiger charge is 2.27. The maximum atomic E-state index is 13.2. The summed E-state index contributed by atoms with van der Waals surface area (Å²) in [6, 6.07) is 15.9. The van der Waals surface area contributed by atoms with E-state index in [0.717, 1.165) is 11.3 Å². The van der Waals surface area contributed by atoms with E-state index in [1.54, 1.807) is 54.1 Å². The Balaban J connectivity index is 1.77. The van der Waals surface area contributed by atoms with Crippen molar-refractivity contribution in [1.29, 1.82) is 0 Å². The van der Waals surface area contributed by atoms with Gasteiger partial charge in [0, 0.05) is 34.5 Å². The van der Waals surface area contributed by atoms with Crippen LogP contribution in [0.25, 0.3) is 10.9 Å². The molecule has 32 heavy (non-hydrogen) atoms. The zero-order chi connectivity index (χ0) is 22.8. The molecule has 6 nitrogen and oxygen atoms in total. The number of carbonyl (C=O) groups excluding carboxylic acids is 2. The molecule has 1 N–H and O–H groups in total. The lowest BCUT2D eigenvalue weighted by Gasteiger charge is -2.08. The van der Waals surface area contributed by atoms with Gasteiger partial charge in [0.15, 0.2) is 0 Å². The highest BCUT2D eigenvalue weighted by molar-refractivity contribution is 6.51.